The van der Waals surface area contributed by atoms with E-state index in [9.17, 15) is 9.59 Å². The first-order valence-corrected chi connectivity index (χ1v) is 8.30. The van der Waals surface area contributed by atoms with Crippen molar-refractivity contribution in [3.05, 3.63) is 67.7 Å². The third-order valence-electron chi connectivity index (χ3n) is 3.14. The molecule has 110 valence electrons. The average Bonchev–Trinajstić information content (AvgIpc) is 2.76. The molecule has 22 heavy (non-hydrogen) atoms. The first kappa shape index (κ1) is 15.2. The van der Waals surface area contributed by atoms with Gasteiger partial charge in [0.15, 0.2) is 0 Å². The number of nitrogens with zero attached hydrogens (tertiary/aromatic N) is 1. The van der Waals surface area contributed by atoms with Gasteiger partial charge in [-0.3, -0.25) is 15.0 Å². The lowest BCUT2D eigenvalue weighted by molar-refractivity contribution is -0.117. The van der Waals surface area contributed by atoms with Gasteiger partial charge in [-0.1, -0.05) is 28.1 Å². The number of nitrogens with one attached hydrogen (secondary N) is 1. The van der Waals surface area contributed by atoms with Gasteiger partial charge < -0.3 is 0 Å². The van der Waals surface area contributed by atoms with Crippen molar-refractivity contribution in [2.45, 2.75) is 0 Å². The van der Waals surface area contributed by atoms with Crippen molar-refractivity contribution in [2.75, 3.05) is 5.01 Å². The summed E-state index contributed by atoms with van der Waals surface area (Å²) in [6, 6.07) is 14.8. The first-order valence-electron chi connectivity index (χ1n) is 6.43. The zero-order chi connectivity index (χ0) is 15.7. The molecule has 0 bridgehead atoms. The number of anilines is 1. The summed E-state index contributed by atoms with van der Waals surface area (Å²) in [4.78, 5) is 24.5. The molecule has 0 atom stereocenters. The van der Waals surface area contributed by atoms with Crippen LogP contribution in [-0.4, -0.2) is 11.8 Å². The summed E-state index contributed by atoms with van der Waals surface area (Å²) in [6.45, 7) is 0. The summed E-state index contributed by atoms with van der Waals surface area (Å²) in [5.41, 5.74) is 4.15. The lowest BCUT2D eigenvalue weighted by Crippen LogP contribution is -2.35. The topological polar surface area (TPSA) is 49.4 Å². The van der Waals surface area contributed by atoms with Crippen LogP contribution in [-0.2, 0) is 9.59 Å². The summed E-state index contributed by atoms with van der Waals surface area (Å²) >= 11 is 5.53. The minimum atomic E-state index is -0.397. The van der Waals surface area contributed by atoms with E-state index in [0.29, 0.717) is 5.69 Å². The fraction of sp³-hybridized carbons (Fsp3) is 0. The van der Waals surface area contributed by atoms with Gasteiger partial charge in [0.25, 0.3) is 11.8 Å². The van der Waals surface area contributed by atoms with Crippen molar-refractivity contribution >= 4 is 62.1 Å². The highest BCUT2D eigenvalue weighted by Crippen LogP contribution is 2.23. The molecule has 2 aromatic rings. The predicted octanol–water partition coefficient (Wildman–Crippen LogP) is 3.52. The molecule has 1 aliphatic heterocycles. The van der Waals surface area contributed by atoms with Gasteiger partial charge in [-0.05, 0) is 70.6 Å². The zero-order valence-corrected chi connectivity index (χ0v) is 15.0. The van der Waals surface area contributed by atoms with Crippen LogP contribution < -0.4 is 10.4 Å². The normalized spacial score (nSPS) is 16.3. The molecule has 0 radical (unpaired) electrons. The van der Waals surface area contributed by atoms with Crippen LogP contribution >= 0.6 is 38.5 Å². The van der Waals surface area contributed by atoms with Gasteiger partial charge in [0.1, 0.15) is 5.57 Å². The molecule has 1 heterocycles. The molecule has 0 aromatic heterocycles. The maximum atomic E-state index is 12.5. The molecule has 4 nitrogen and oxygen atoms in total. The van der Waals surface area contributed by atoms with Gasteiger partial charge in [-0.25, -0.2) is 5.01 Å². The predicted molar refractivity (Wildman–Crippen MR) is 96.9 cm³/mol. The van der Waals surface area contributed by atoms with E-state index in [4.69, 9.17) is 0 Å². The number of hydrazine groups is 1. The van der Waals surface area contributed by atoms with E-state index in [0.717, 1.165) is 13.6 Å². The number of hydrogen-bond donors (Lipinski definition) is 1. The summed E-state index contributed by atoms with van der Waals surface area (Å²) in [7, 11) is 0. The second kappa shape index (κ2) is 6.21. The largest absolute Gasteiger partial charge is 0.282 e. The third kappa shape index (κ3) is 3.07. The third-order valence-corrected chi connectivity index (χ3v) is 4.34. The van der Waals surface area contributed by atoms with E-state index in [1.54, 1.807) is 18.2 Å². The quantitative estimate of drug-likeness (QED) is 0.416. The number of halogens is 2. The highest BCUT2D eigenvalue weighted by molar-refractivity contribution is 14.1. The molecule has 1 N–H and O–H groups in total. The van der Waals surface area contributed by atoms with Crippen LogP contribution in [0.1, 0.15) is 5.56 Å². The van der Waals surface area contributed by atoms with Crippen LogP contribution in [0.5, 0.6) is 0 Å². The Kier molecular flexibility index (Phi) is 4.30. The number of amides is 2. The van der Waals surface area contributed by atoms with Crippen molar-refractivity contribution in [3.63, 3.8) is 0 Å². The minimum Gasteiger partial charge on any atom is -0.267 e. The van der Waals surface area contributed by atoms with E-state index in [-0.39, 0.29) is 11.5 Å². The Bertz CT molecular complexity index is 787. The molecule has 2 aromatic carbocycles. The number of carbonyl (C=O) groups is 2. The van der Waals surface area contributed by atoms with Crippen molar-refractivity contribution < 1.29 is 9.59 Å². The molecule has 0 aliphatic carbocycles. The van der Waals surface area contributed by atoms with E-state index in [1.165, 1.54) is 5.01 Å². The van der Waals surface area contributed by atoms with Gasteiger partial charge in [0, 0.05) is 8.04 Å². The smallest absolute Gasteiger partial charge is 0.267 e. The van der Waals surface area contributed by atoms with Gasteiger partial charge in [-0.2, -0.15) is 0 Å². The molecule has 3 rings (SSSR count). The van der Waals surface area contributed by atoms with E-state index in [2.05, 4.69) is 43.9 Å². The summed E-state index contributed by atoms with van der Waals surface area (Å²) in [5, 5.41) is 1.26. The van der Waals surface area contributed by atoms with Crippen molar-refractivity contribution in [2.24, 2.45) is 0 Å². The monoisotopic (exact) mass is 468 g/mol. The molecule has 6 heteroatoms. The molecular weight excluding hydrogens is 459 g/mol. The number of hydrogen-bond acceptors (Lipinski definition) is 2. The van der Waals surface area contributed by atoms with Gasteiger partial charge >= 0.3 is 0 Å². The van der Waals surface area contributed by atoms with Crippen LogP contribution in [0.2, 0.25) is 0 Å². The standard InChI is InChI=1S/C16H10BrIN2O2/c17-11-4-6-13(7-5-11)20-16(22)14(15(21)19-20)9-10-2-1-3-12(18)8-10/h1-9H,(H,19,21)/b14-9-. The lowest BCUT2D eigenvalue weighted by atomic mass is 10.1. The van der Waals surface area contributed by atoms with Crippen molar-refractivity contribution in [3.8, 4) is 0 Å². The first-order chi connectivity index (χ1) is 10.5. The zero-order valence-electron chi connectivity index (χ0n) is 11.2. The summed E-state index contributed by atoms with van der Waals surface area (Å²) in [6.07, 6.45) is 1.61. The second-order valence-electron chi connectivity index (χ2n) is 4.67. The Morgan fingerprint density at radius 2 is 1.82 bits per heavy atom. The lowest BCUT2D eigenvalue weighted by Gasteiger charge is -2.14. The van der Waals surface area contributed by atoms with E-state index < -0.39 is 5.91 Å². The van der Waals surface area contributed by atoms with Crippen LogP contribution in [0.4, 0.5) is 5.69 Å². The molecule has 0 spiro atoms. The fourth-order valence-electron chi connectivity index (χ4n) is 2.09. The van der Waals surface area contributed by atoms with Gasteiger partial charge in [-0.15, -0.1) is 0 Å². The number of rotatable bonds is 2. The Morgan fingerprint density at radius 3 is 2.50 bits per heavy atom. The summed E-state index contributed by atoms with van der Waals surface area (Å²) in [5.74, 6) is -0.752. The molecular formula is C16H10BrIN2O2. The van der Waals surface area contributed by atoms with Crippen LogP contribution in [0.25, 0.3) is 6.08 Å². The van der Waals surface area contributed by atoms with Crippen molar-refractivity contribution in [1.82, 2.24) is 5.43 Å². The Balaban J connectivity index is 1.93. The van der Waals surface area contributed by atoms with E-state index in [1.807, 2.05) is 36.4 Å². The van der Waals surface area contributed by atoms with E-state index >= 15 is 0 Å². The molecule has 1 saturated heterocycles. The minimum absolute atomic E-state index is 0.130. The molecule has 2 amide bonds. The molecule has 1 aliphatic rings. The fourth-order valence-corrected chi connectivity index (χ4v) is 2.92. The molecule has 0 unspecified atom stereocenters. The van der Waals surface area contributed by atoms with Gasteiger partial charge in [0.2, 0.25) is 0 Å². The van der Waals surface area contributed by atoms with Crippen LogP contribution in [0.15, 0.2) is 58.6 Å². The maximum Gasteiger partial charge on any atom is 0.282 e. The summed E-state index contributed by atoms with van der Waals surface area (Å²) < 4.78 is 1.95. The Hall–Kier alpha value is -1.67. The van der Waals surface area contributed by atoms with Gasteiger partial charge in [0.05, 0.1) is 5.69 Å². The molecule has 0 saturated carbocycles. The number of carbonyl (C=O) groups excluding carboxylic acids is 2. The van der Waals surface area contributed by atoms with Crippen molar-refractivity contribution in [1.29, 1.82) is 0 Å². The Morgan fingerprint density at radius 1 is 1.09 bits per heavy atom. The van der Waals surface area contributed by atoms with Crippen LogP contribution in [0, 0.1) is 3.57 Å². The second-order valence-corrected chi connectivity index (χ2v) is 6.83. The highest BCUT2D eigenvalue weighted by Gasteiger charge is 2.34. The number of benzene rings is 2. The molecule has 1 fully saturated rings. The average molecular weight is 469 g/mol. The highest BCUT2D eigenvalue weighted by atomic mass is 127. The SMILES string of the molecule is O=C1NN(c2ccc(Br)cc2)C(=O)/C1=C\c1cccc(I)c1. The maximum absolute atomic E-state index is 12.5. The Labute approximate surface area is 149 Å². The van der Waals surface area contributed by atoms with Crippen LogP contribution in [0.3, 0.4) is 0 Å².